The first kappa shape index (κ1) is 12.0. The van der Waals surface area contributed by atoms with E-state index in [4.69, 9.17) is 5.84 Å². The Hall–Kier alpha value is -2.49. The standard InChI is InChI=1S/C14H14N4/c1-11-6-8-12(9-7-11)14-5-3-2-4-13(14)10-16-18-17-15/h2-10H,1H3,(H2,15,18)/b16-10+. The summed E-state index contributed by atoms with van der Waals surface area (Å²) in [7, 11) is 0. The Morgan fingerprint density at radius 2 is 1.72 bits per heavy atom. The minimum atomic E-state index is 0.980. The van der Waals surface area contributed by atoms with Crippen molar-refractivity contribution < 1.29 is 0 Å². The summed E-state index contributed by atoms with van der Waals surface area (Å²) in [6.45, 7) is 2.07. The van der Waals surface area contributed by atoms with E-state index in [9.17, 15) is 0 Å². The Balaban J connectivity index is 2.41. The summed E-state index contributed by atoms with van der Waals surface area (Å²) in [4.78, 5) is 0. The molecule has 4 heteroatoms. The summed E-state index contributed by atoms with van der Waals surface area (Å²) in [5.41, 5.74) is 4.47. The van der Waals surface area contributed by atoms with Crippen molar-refractivity contribution in [3.63, 3.8) is 0 Å². The predicted molar refractivity (Wildman–Crippen MR) is 73.3 cm³/mol. The maximum absolute atomic E-state index is 4.90. The molecule has 0 aromatic heterocycles. The molecule has 0 saturated carbocycles. The van der Waals surface area contributed by atoms with E-state index in [2.05, 4.69) is 46.7 Å². The number of hydrogen-bond acceptors (Lipinski definition) is 2. The molecule has 2 aromatic carbocycles. The van der Waals surface area contributed by atoms with Gasteiger partial charge in [-0.3, -0.25) is 0 Å². The molecule has 0 aliphatic carbocycles. The number of nitrogens with zero attached hydrogens (tertiary/aromatic N) is 3. The van der Waals surface area contributed by atoms with Crippen LogP contribution in [0.25, 0.3) is 11.1 Å². The molecule has 2 rings (SSSR count). The second-order valence-corrected chi connectivity index (χ2v) is 3.90. The van der Waals surface area contributed by atoms with E-state index in [0.29, 0.717) is 0 Å². The van der Waals surface area contributed by atoms with Gasteiger partial charge < -0.3 is 5.84 Å². The van der Waals surface area contributed by atoms with E-state index >= 15 is 0 Å². The minimum Gasteiger partial charge on any atom is -0.303 e. The van der Waals surface area contributed by atoms with E-state index in [-0.39, 0.29) is 0 Å². The van der Waals surface area contributed by atoms with Crippen LogP contribution in [0.2, 0.25) is 0 Å². The largest absolute Gasteiger partial charge is 0.303 e. The monoisotopic (exact) mass is 238 g/mol. The smallest absolute Gasteiger partial charge is 0.0593 e. The first-order valence-corrected chi connectivity index (χ1v) is 5.60. The molecule has 0 bridgehead atoms. The first-order valence-electron chi connectivity index (χ1n) is 5.60. The third-order valence-corrected chi connectivity index (χ3v) is 2.62. The average Bonchev–Trinajstić information content (AvgIpc) is 2.41. The van der Waals surface area contributed by atoms with E-state index in [1.807, 2.05) is 24.3 Å². The zero-order valence-corrected chi connectivity index (χ0v) is 10.1. The lowest BCUT2D eigenvalue weighted by atomic mass is 9.99. The van der Waals surface area contributed by atoms with Gasteiger partial charge in [0, 0.05) is 5.56 Å². The molecular formula is C14H14N4. The Labute approximate surface area is 106 Å². The lowest BCUT2D eigenvalue weighted by molar-refractivity contribution is 0.961. The number of benzene rings is 2. The number of nitrogens with two attached hydrogens (primary N) is 1. The molecule has 18 heavy (non-hydrogen) atoms. The fourth-order valence-electron chi connectivity index (χ4n) is 1.72. The number of aryl methyl sites for hydroxylation is 1. The van der Waals surface area contributed by atoms with Gasteiger partial charge in [-0.15, -0.1) is 5.10 Å². The first-order chi connectivity index (χ1) is 8.81. The van der Waals surface area contributed by atoms with Crippen molar-refractivity contribution >= 4 is 6.21 Å². The van der Waals surface area contributed by atoms with E-state index in [0.717, 1.165) is 16.7 Å². The predicted octanol–water partition coefficient (Wildman–Crippen LogP) is 3.32. The van der Waals surface area contributed by atoms with Crippen LogP contribution in [0.15, 0.2) is 64.1 Å². The summed E-state index contributed by atoms with van der Waals surface area (Å²) >= 11 is 0. The van der Waals surface area contributed by atoms with Gasteiger partial charge in [0.2, 0.25) is 0 Å². The summed E-state index contributed by atoms with van der Waals surface area (Å²) in [5, 5.41) is 10.3. The molecule has 0 amide bonds. The van der Waals surface area contributed by atoms with Crippen molar-refractivity contribution in [3.05, 3.63) is 59.7 Å². The average molecular weight is 238 g/mol. The maximum Gasteiger partial charge on any atom is 0.0593 e. The molecule has 0 fully saturated rings. The van der Waals surface area contributed by atoms with Crippen LogP contribution in [0.4, 0.5) is 0 Å². The van der Waals surface area contributed by atoms with Gasteiger partial charge in [-0.1, -0.05) is 59.3 Å². The zero-order chi connectivity index (χ0) is 12.8. The van der Waals surface area contributed by atoms with Crippen LogP contribution in [0.1, 0.15) is 11.1 Å². The SMILES string of the molecule is Cc1ccc(-c2ccccc2/C=N/N=N\N)cc1. The molecule has 90 valence electrons. The van der Waals surface area contributed by atoms with E-state index in [1.54, 1.807) is 6.21 Å². The lowest BCUT2D eigenvalue weighted by Crippen LogP contribution is -1.87. The Morgan fingerprint density at radius 1 is 1.00 bits per heavy atom. The molecule has 2 N–H and O–H groups in total. The maximum atomic E-state index is 4.90. The van der Waals surface area contributed by atoms with E-state index in [1.165, 1.54) is 5.56 Å². The van der Waals surface area contributed by atoms with Gasteiger partial charge in [0.15, 0.2) is 0 Å². The van der Waals surface area contributed by atoms with Crippen LogP contribution >= 0.6 is 0 Å². The van der Waals surface area contributed by atoms with Crippen molar-refractivity contribution in [2.45, 2.75) is 6.92 Å². The highest BCUT2D eigenvalue weighted by Gasteiger charge is 2.01. The summed E-state index contributed by atoms with van der Waals surface area (Å²) in [5.74, 6) is 4.90. The molecule has 4 nitrogen and oxygen atoms in total. The fraction of sp³-hybridized carbons (Fsp3) is 0.0714. The summed E-state index contributed by atoms with van der Waals surface area (Å²) in [6.07, 6.45) is 1.64. The molecule has 0 aliphatic rings. The molecule has 0 aliphatic heterocycles. The second-order valence-electron chi connectivity index (χ2n) is 3.90. The van der Waals surface area contributed by atoms with E-state index < -0.39 is 0 Å². The van der Waals surface area contributed by atoms with Crippen molar-refractivity contribution in [3.8, 4) is 11.1 Å². The normalized spacial score (nSPS) is 11.4. The molecule has 0 unspecified atom stereocenters. The molecular weight excluding hydrogens is 224 g/mol. The van der Waals surface area contributed by atoms with Crippen LogP contribution in [0.5, 0.6) is 0 Å². The van der Waals surface area contributed by atoms with Crippen LogP contribution in [-0.4, -0.2) is 6.21 Å². The molecule has 0 heterocycles. The van der Waals surface area contributed by atoms with Gasteiger partial charge in [0.05, 0.1) is 6.21 Å². The van der Waals surface area contributed by atoms with Crippen molar-refractivity contribution in [2.75, 3.05) is 0 Å². The Bertz CT molecular complexity index is 571. The topological polar surface area (TPSA) is 63.1 Å². The van der Waals surface area contributed by atoms with Gasteiger partial charge >= 0.3 is 0 Å². The van der Waals surface area contributed by atoms with Crippen molar-refractivity contribution in [1.82, 2.24) is 0 Å². The third kappa shape index (κ3) is 2.79. The fourth-order valence-corrected chi connectivity index (χ4v) is 1.72. The highest BCUT2D eigenvalue weighted by atomic mass is 15.5. The van der Waals surface area contributed by atoms with Crippen molar-refractivity contribution in [2.24, 2.45) is 21.4 Å². The molecule has 0 atom stereocenters. The highest BCUT2D eigenvalue weighted by molar-refractivity contribution is 5.90. The Kier molecular flexibility index (Phi) is 3.81. The van der Waals surface area contributed by atoms with Gasteiger partial charge in [0.1, 0.15) is 0 Å². The van der Waals surface area contributed by atoms with Crippen LogP contribution < -0.4 is 5.84 Å². The van der Waals surface area contributed by atoms with Gasteiger partial charge in [-0.2, -0.15) is 0 Å². The molecule has 2 aromatic rings. The van der Waals surface area contributed by atoms with Crippen LogP contribution in [0, 0.1) is 6.92 Å². The Morgan fingerprint density at radius 3 is 2.44 bits per heavy atom. The molecule has 0 saturated heterocycles. The number of rotatable bonds is 3. The van der Waals surface area contributed by atoms with Gasteiger partial charge in [-0.25, -0.2) is 0 Å². The summed E-state index contributed by atoms with van der Waals surface area (Å²) in [6, 6.07) is 16.3. The van der Waals surface area contributed by atoms with Gasteiger partial charge in [-0.05, 0) is 23.3 Å². The van der Waals surface area contributed by atoms with Crippen LogP contribution in [-0.2, 0) is 0 Å². The minimum absolute atomic E-state index is 0.980. The summed E-state index contributed by atoms with van der Waals surface area (Å²) < 4.78 is 0. The third-order valence-electron chi connectivity index (χ3n) is 2.62. The zero-order valence-electron chi connectivity index (χ0n) is 10.1. The van der Waals surface area contributed by atoms with Gasteiger partial charge in [0.25, 0.3) is 0 Å². The van der Waals surface area contributed by atoms with Crippen LogP contribution in [0.3, 0.4) is 0 Å². The molecule has 0 spiro atoms. The quantitative estimate of drug-likeness (QED) is 0.379. The second kappa shape index (κ2) is 5.72. The van der Waals surface area contributed by atoms with Crippen molar-refractivity contribution in [1.29, 1.82) is 0 Å². The number of hydrogen-bond donors (Lipinski definition) is 1. The highest BCUT2D eigenvalue weighted by Crippen LogP contribution is 2.22. The lowest BCUT2D eigenvalue weighted by Gasteiger charge is -2.05. The molecule has 0 radical (unpaired) electrons.